The van der Waals surface area contributed by atoms with Crippen LogP contribution in [0.2, 0.25) is 0 Å². The van der Waals surface area contributed by atoms with Crippen LogP contribution in [0.1, 0.15) is 384 Å². The van der Waals surface area contributed by atoms with Crippen molar-refractivity contribution in [3.63, 3.8) is 0 Å². The van der Waals surface area contributed by atoms with Crippen LogP contribution in [0.4, 0.5) is 0 Å². The molecule has 6 aliphatic rings. The van der Waals surface area contributed by atoms with E-state index in [0.717, 1.165) is 37.6 Å². The molecule has 0 radical (unpaired) electrons. The van der Waals surface area contributed by atoms with Crippen molar-refractivity contribution in [2.45, 2.75) is 403 Å². The van der Waals surface area contributed by atoms with Gasteiger partial charge in [0.05, 0.1) is 13.2 Å². The number of rotatable bonds is 33. The van der Waals surface area contributed by atoms with Crippen molar-refractivity contribution in [1.29, 1.82) is 0 Å². The second-order valence-electron chi connectivity index (χ2n) is 46.8. The number of benzene rings is 9. The second kappa shape index (κ2) is 47.8. The van der Waals surface area contributed by atoms with Crippen LogP contribution in [0, 0.1) is 90.3 Å². The molecule has 0 heterocycles. The lowest BCUT2D eigenvalue weighted by Crippen LogP contribution is -2.41. The van der Waals surface area contributed by atoms with Gasteiger partial charge in [0, 0.05) is 15.2 Å². The van der Waals surface area contributed by atoms with E-state index < -0.39 is 0 Å². The molecular weight excluding hydrogens is 1620 g/mol. The summed E-state index contributed by atoms with van der Waals surface area (Å²) in [6, 6.07) is 85.5. The zero-order chi connectivity index (χ0) is 94.7. The summed E-state index contributed by atoms with van der Waals surface area (Å²) in [5.41, 5.74) is 20.8. The van der Waals surface area contributed by atoms with E-state index in [1.165, 1.54) is 276 Å². The average molecular weight is 1800 g/mol. The molecule has 15 rings (SSSR count). The maximum absolute atomic E-state index is 6.16. The summed E-state index contributed by atoms with van der Waals surface area (Å²) in [5.74, 6) is 4.48. The van der Waals surface area contributed by atoms with E-state index in [0.29, 0.717) is 48.7 Å². The van der Waals surface area contributed by atoms with Gasteiger partial charge < -0.3 is 9.47 Å². The van der Waals surface area contributed by atoms with Crippen molar-refractivity contribution in [1.82, 2.24) is 0 Å². The molecule has 0 N–H and O–H groups in total. The summed E-state index contributed by atoms with van der Waals surface area (Å²) in [4.78, 5) is 2.89. The Kier molecular flexibility index (Phi) is 38.8. The zero-order valence-corrected chi connectivity index (χ0v) is 88.9. The predicted octanol–water partition coefficient (Wildman–Crippen LogP) is 38.3. The fourth-order valence-electron chi connectivity index (χ4n) is 24.4. The molecule has 0 unspecified atom stereocenters. The average Bonchev–Trinajstić information content (AvgIpc) is 1.72. The molecule has 4 heteroatoms. The maximum atomic E-state index is 6.16. The number of aryl methyl sites for hydroxylation is 7. The van der Waals surface area contributed by atoms with Crippen LogP contribution in [-0.4, -0.2) is 24.7 Å². The van der Waals surface area contributed by atoms with Gasteiger partial charge in [-0.05, 0) is 338 Å². The quantitative estimate of drug-likeness (QED) is 0.0382. The fraction of sp³-hybridized carbons (Fsp3) is 0.575. The number of ether oxygens (including phenoxy) is 2. The lowest BCUT2D eigenvalue weighted by molar-refractivity contribution is 0.0673. The first-order valence-electron chi connectivity index (χ1n) is 52.2. The second-order valence-corrected chi connectivity index (χ2v) is 49.1. The Labute approximate surface area is 812 Å². The first-order valence-corrected chi connectivity index (χ1v) is 54.2. The molecule has 9 aromatic carbocycles. The summed E-state index contributed by atoms with van der Waals surface area (Å²) < 4.78 is 12.1. The largest absolute Gasteiger partial charge is 0.493 e. The first kappa shape index (κ1) is 106. The van der Waals surface area contributed by atoms with Crippen LogP contribution in [0.15, 0.2) is 246 Å². The molecule has 0 bridgehead atoms. The normalized spacial score (nSPS) is 18.9. The van der Waals surface area contributed by atoms with E-state index in [1.807, 2.05) is 29.6 Å². The molecule has 0 spiro atoms. The van der Waals surface area contributed by atoms with Crippen molar-refractivity contribution in [3.05, 3.63) is 298 Å². The third-order valence-corrected chi connectivity index (χ3v) is 39.4. The Bertz CT molecular complexity index is 4470. The minimum absolute atomic E-state index is 0.160. The minimum Gasteiger partial charge on any atom is -0.493 e. The minimum atomic E-state index is 0.160. The van der Waals surface area contributed by atoms with Crippen molar-refractivity contribution in [2.75, 3.05) is 24.7 Å². The summed E-state index contributed by atoms with van der Waals surface area (Å²) in [6.45, 7) is 57.0. The number of para-hydroxylation sites is 2. The topological polar surface area (TPSA) is 18.5 Å². The summed E-state index contributed by atoms with van der Waals surface area (Å²) in [6.07, 6.45) is 44.5. The Hall–Kier alpha value is -6.72. The van der Waals surface area contributed by atoms with E-state index >= 15 is 0 Å². The molecule has 0 saturated heterocycles. The van der Waals surface area contributed by atoms with E-state index in [1.54, 1.807) is 5.56 Å². The van der Waals surface area contributed by atoms with Gasteiger partial charge in [0.1, 0.15) is 11.5 Å². The molecular formula is C127H182O2S2. The van der Waals surface area contributed by atoms with Gasteiger partial charge in [0.15, 0.2) is 0 Å². The van der Waals surface area contributed by atoms with Gasteiger partial charge in [-0.2, -0.15) is 0 Å². The molecule has 3 atom stereocenters. The van der Waals surface area contributed by atoms with E-state index in [9.17, 15) is 0 Å². The number of thioether (sulfide) groups is 2. The van der Waals surface area contributed by atoms with Crippen LogP contribution < -0.4 is 9.47 Å². The Morgan fingerprint density at radius 3 is 0.901 bits per heavy atom. The zero-order valence-electron chi connectivity index (χ0n) is 87.3. The molecule has 9 aromatic rings. The van der Waals surface area contributed by atoms with Gasteiger partial charge >= 0.3 is 0 Å². The van der Waals surface area contributed by atoms with Crippen molar-refractivity contribution < 1.29 is 9.47 Å². The highest BCUT2D eigenvalue weighted by Gasteiger charge is 2.51. The standard InChI is InChI=1S/C24H32.C23H30O.C23H30S.C21H34.C18H28O.C18H28S/c1-20-12-7-8-13-21(20)14-11-19-24(3,22-15-5-4-6-16-22)23(2)17-9-10-18-23;2*1-19-11-7-8-14-21(19)24-18-17-23(3,20-12-5-4-6-13-20)22(2)15-9-10-16-22;1-17-11-7-8-12-18(17)19(2,3)15-16-20(4,5)21(6)13-9-10-14-21;2*1-15-9-5-6-10-16(15)19-14-13-17(2,3)18(4)11-7-8-12-18/h4-8,12-13,15-16H,9-11,14,17-19H2,1-3H3;2*4-8,11-14H,9-10,15-18H2,1-3H3;7-8,11-12H,9-10,13-16H2,1-6H3;2*5-6,9-10H,7-8,11-14H2,1-4H3/t24-;2*23-;;;/m111.../s1. The lowest BCUT2D eigenvalue weighted by atomic mass is 9.59. The van der Waals surface area contributed by atoms with Gasteiger partial charge in [0.2, 0.25) is 0 Å². The molecule has 6 aliphatic carbocycles. The van der Waals surface area contributed by atoms with Gasteiger partial charge in [-0.15, -0.1) is 23.5 Å². The molecule has 714 valence electrons. The van der Waals surface area contributed by atoms with Crippen molar-refractivity contribution >= 4 is 23.5 Å². The SMILES string of the molecule is Cc1ccccc1C(C)(C)CCC(C)(C)C1(C)CCCC1.Cc1ccccc1CCC[C@](C)(c1ccccc1)C1(C)CCCC1.Cc1ccccc1OCCC(C)(C)C1(C)CCCC1.Cc1ccccc1OCC[C@](C)(c1ccccc1)C1(C)CCCC1.Cc1ccccc1SCCC(C)(C)C1(C)CCCC1.Cc1ccccc1SCC[C@](C)(c1ccccc1)C1(C)CCCC1. The molecule has 131 heavy (non-hydrogen) atoms. The summed E-state index contributed by atoms with van der Waals surface area (Å²) in [7, 11) is 0. The van der Waals surface area contributed by atoms with Crippen molar-refractivity contribution in [2.24, 2.45) is 48.7 Å². The highest BCUT2D eigenvalue weighted by atomic mass is 32.2. The highest BCUT2D eigenvalue weighted by Crippen LogP contribution is 2.60. The van der Waals surface area contributed by atoms with E-state index in [2.05, 4.69) is 390 Å². The van der Waals surface area contributed by atoms with Gasteiger partial charge in [0.25, 0.3) is 0 Å². The molecule has 6 saturated carbocycles. The van der Waals surface area contributed by atoms with Gasteiger partial charge in [-0.3, -0.25) is 0 Å². The van der Waals surface area contributed by atoms with Crippen LogP contribution >= 0.6 is 23.5 Å². The van der Waals surface area contributed by atoms with Gasteiger partial charge in [-0.1, -0.05) is 407 Å². The highest BCUT2D eigenvalue weighted by molar-refractivity contribution is 7.99. The number of hydrogen-bond acceptors (Lipinski definition) is 4. The van der Waals surface area contributed by atoms with Gasteiger partial charge in [-0.25, -0.2) is 0 Å². The van der Waals surface area contributed by atoms with E-state index in [-0.39, 0.29) is 21.7 Å². The molecule has 2 nitrogen and oxygen atoms in total. The van der Waals surface area contributed by atoms with Crippen LogP contribution in [0.3, 0.4) is 0 Å². The maximum Gasteiger partial charge on any atom is 0.122 e. The summed E-state index contributed by atoms with van der Waals surface area (Å²) in [5, 5.41) is 0. The molecule has 0 aliphatic heterocycles. The van der Waals surface area contributed by atoms with Crippen LogP contribution in [0.25, 0.3) is 0 Å². The lowest BCUT2D eigenvalue weighted by Gasteiger charge is -2.45. The third kappa shape index (κ3) is 27.4. The van der Waals surface area contributed by atoms with Crippen LogP contribution in [0.5, 0.6) is 11.5 Å². The fourth-order valence-corrected chi connectivity index (χ4v) is 26.9. The molecule has 0 aromatic heterocycles. The Morgan fingerprint density at radius 1 is 0.252 bits per heavy atom. The Balaban J connectivity index is 0.000000164. The van der Waals surface area contributed by atoms with Crippen LogP contribution in [-0.2, 0) is 28.1 Å². The van der Waals surface area contributed by atoms with Crippen molar-refractivity contribution in [3.8, 4) is 11.5 Å². The smallest absolute Gasteiger partial charge is 0.122 e. The first-order chi connectivity index (χ1) is 62.2. The predicted molar refractivity (Wildman–Crippen MR) is 575 cm³/mol. The van der Waals surface area contributed by atoms with E-state index in [4.69, 9.17) is 9.47 Å². The number of hydrogen-bond donors (Lipinski definition) is 0. The summed E-state index contributed by atoms with van der Waals surface area (Å²) >= 11 is 4.06. The molecule has 6 fully saturated rings. The third-order valence-electron chi connectivity index (χ3n) is 37.1. The Morgan fingerprint density at radius 2 is 0.534 bits per heavy atom. The monoisotopic (exact) mass is 1800 g/mol. The molecule has 0 amide bonds.